The van der Waals surface area contributed by atoms with E-state index >= 15 is 0 Å². The second-order valence-corrected chi connectivity index (χ2v) is 5.94. The summed E-state index contributed by atoms with van der Waals surface area (Å²) in [5.41, 5.74) is 0.180. The van der Waals surface area contributed by atoms with Gasteiger partial charge in [-0.15, -0.1) is 0 Å². The fourth-order valence-electron chi connectivity index (χ4n) is 3.00. The van der Waals surface area contributed by atoms with Gasteiger partial charge >= 0.3 is 0 Å². The molecule has 2 aromatic rings. The Bertz CT molecular complexity index is 671. The molecule has 0 aliphatic carbocycles. The first kappa shape index (κ1) is 16.7. The Morgan fingerprint density at radius 2 is 1.67 bits per heavy atom. The van der Waals surface area contributed by atoms with E-state index in [1.54, 1.807) is 12.1 Å². The zero-order chi connectivity index (χ0) is 17.0. The molecule has 1 fully saturated rings. The van der Waals surface area contributed by atoms with Crippen LogP contribution in [0.4, 0.5) is 4.39 Å². The highest BCUT2D eigenvalue weighted by Crippen LogP contribution is 2.36. The number of hydrogen-bond acceptors (Lipinski definition) is 4. The SMILES string of the molecule is CCOc1ccccc1OC(C)(c1ccc(F)cc1)C1NCCN1. The van der Waals surface area contributed by atoms with Crippen molar-refractivity contribution in [3.05, 3.63) is 59.9 Å². The van der Waals surface area contributed by atoms with Crippen molar-refractivity contribution >= 4 is 0 Å². The lowest BCUT2D eigenvalue weighted by atomic mass is 9.92. The summed E-state index contributed by atoms with van der Waals surface area (Å²) in [7, 11) is 0. The maximum absolute atomic E-state index is 13.4. The first-order valence-corrected chi connectivity index (χ1v) is 8.27. The van der Waals surface area contributed by atoms with E-state index in [1.807, 2.05) is 38.1 Å². The van der Waals surface area contributed by atoms with Gasteiger partial charge in [-0.1, -0.05) is 24.3 Å². The van der Waals surface area contributed by atoms with Gasteiger partial charge in [0.2, 0.25) is 0 Å². The number of hydrogen-bond donors (Lipinski definition) is 2. The van der Waals surface area contributed by atoms with Crippen LogP contribution in [-0.2, 0) is 5.60 Å². The summed E-state index contributed by atoms with van der Waals surface area (Å²) in [6.45, 7) is 6.22. The number of nitrogens with one attached hydrogen (secondary N) is 2. The van der Waals surface area contributed by atoms with Crippen molar-refractivity contribution in [2.24, 2.45) is 0 Å². The fourth-order valence-corrected chi connectivity index (χ4v) is 3.00. The molecule has 2 N–H and O–H groups in total. The van der Waals surface area contributed by atoms with Crippen molar-refractivity contribution in [3.63, 3.8) is 0 Å². The van der Waals surface area contributed by atoms with E-state index in [2.05, 4.69) is 10.6 Å². The minimum Gasteiger partial charge on any atom is -0.490 e. The van der Waals surface area contributed by atoms with Crippen molar-refractivity contribution in [3.8, 4) is 11.5 Å². The summed E-state index contributed by atoms with van der Waals surface area (Å²) in [6, 6.07) is 14.1. The molecule has 0 radical (unpaired) electrons. The molecule has 1 aliphatic rings. The molecule has 1 heterocycles. The van der Waals surface area contributed by atoms with Crippen LogP contribution in [0.2, 0.25) is 0 Å². The van der Waals surface area contributed by atoms with Gasteiger partial charge in [-0.2, -0.15) is 0 Å². The van der Waals surface area contributed by atoms with Crippen LogP contribution < -0.4 is 20.1 Å². The Kier molecular flexibility index (Phi) is 5.02. The van der Waals surface area contributed by atoms with Gasteiger partial charge in [-0.05, 0) is 43.7 Å². The Balaban J connectivity index is 1.98. The smallest absolute Gasteiger partial charge is 0.162 e. The molecule has 4 nitrogen and oxygen atoms in total. The summed E-state index contributed by atoms with van der Waals surface area (Å²) in [6.07, 6.45) is -0.0855. The van der Waals surface area contributed by atoms with Crippen molar-refractivity contribution in [1.29, 1.82) is 0 Å². The third-order valence-electron chi connectivity index (χ3n) is 4.26. The summed E-state index contributed by atoms with van der Waals surface area (Å²) in [5, 5.41) is 6.82. The minimum atomic E-state index is -0.711. The minimum absolute atomic E-state index is 0.0855. The Morgan fingerprint density at radius 3 is 2.29 bits per heavy atom. The average molecular weight is 330 g/mol. The first-order chi connectivity index (χ1) is 11.6. The number of para-hydroxylation sites is 2. The molecule has 1 atom stereocenters. The van der Waals surface area contributed by atoms with Gasteiger partial charge in [-0.25, -0.2) is 4.39 Å². The van der Waals surface area contributed by atoms with Crippen molar-refractivity contribution in [1.82, 2.24) is 10.6 Å². The van der Waals surface area contributed by atoms with E-state index in [0.717, 1.165) is 18.7 Å². The van der Waals surface area contributed by atoms with E-state index in [9.17, 15) is 4.39 Å². The molecule has 0 amide bonds. The van der Waals surface area contributed by atoms with Crippen molar-refractivity contribution in [2.75, 3.05) is 19.7 Å². The maximum atomic E-state index is 13.4. The second-order valence-electron chi connectivity index (χ2n) is 5.94. The average Bonchev–Trinajstić information content (AvgIpc) is 3.12. The quantitative estimate of drug-likeness (QED) is 0.854. The number of halogens is 1. The highest BCUT2D eigenvalue weighted by Gasteiger charge is 2.40. The van der Waals surface area contributed by atoms with E-state index in [1.165, 1.54) is 12.1 Å². The molecule has 5 heteroatoms. The summed E-state index contributed by atoms with van der Waals surface area (Å²) >= 11 is 0. The molecule has 2 aromatic carbocycles. The molecule has 0 bridgehead atoms. The fraction of sp³-hybridized carbons (Fsp3) is 0.368. The normalized spacial score (nSPS) is 17.5. The maximum Gasteiger partial charge on any atom is 0.162 e. The van der Waals surface area contributed by atoms with Gasteiger partial charge < -0.3 is 9.47 Å². The van der Waals surface area contributed by atoms with Crippen molar-refractivity contribution < 1.29 is 13.9 Å². The molecule has 3 rings (SSSR count). The molecule has 1 saturated heterocycles. The third kappa shape index (κ3) is 3.37. The van der Waals surface area contributed by atoms with Gasteiger partial charge in [0.05, 0.1) is 6.61 Å². The molecular weight excluding hydrogens is 307 g/mol. The van der Waals surface area contributed by atoms with Crippen LogP contribution in [0.25, 0.3) is 0 Å². The van der Waals surface area contributed by atoms with E-state index in [0.29, 0.717) is 18.1 Å². The van der Waals surface area contributed by atoms with Crippen LogP contribution in [0, 0.1) is 5.82 Å². The van der Waals surface area contributed by atoms with E-state index in [4.69, 9.17) is 9.47 Å². The van der Waals surface area contributed by atoms with Crippen LogP contribution in [0.5, 0.6) is 11.5 Å². The largest absolute Gasteiger partial charge is 0.490 e. The van der Waals surface area contributed by atoms with Gasteiger partial charge in [-0.3, -0.25) is 10.6 Å². The van der Waals surface area contributed by atoms with Gasteiger partial charge in [0.25, 0.3) is 0 Å². The standard InChI is InChI=1S/C19H23FN2O2/c1-3-23-16-6-4-5-7-17(16)24-19(2,18-21-12-13-22-18)14-8-10-15(20)11-9-14/h4-11,18,21-22H,3,12-13H2,1-2H3. The molecular formula is C19H23FN2O2. The molecule has 0 aromatic heterocycles. The molecule has 128 valence electrons. The zero-order valence-corrected chi connectivity index (χ0v) is 14.0. The third-order valence-corrected chi connectivity index (χ3v) is 4.26. The van der Waals surface area contributed by atoms with E-state index in [-0.39, 0.29) is 12.0 Å². The monoisotopic (exact) mass is 330 g/mol. The predicted octanol–water partition coefficient (Wildman–Crippen LogP) is 3.04. The summed E-state index contributed by atoms with van der Waals surface area (Å²) in [4.78, 5) is 0. The number of rotatable bonds is 6. The first-order valence-electron chi connectivity index (χ1n) is 8.27. The number of benzene rings is 2. The Labute approximate surface area is 142 Å². The van der Waals surface area contributed by atoms with Crippen LogP contribution >= 0.6 is 0 Å². The summed E-state index contributed by atoms with van der Waals surface area (Å²) < 4.78 is 25.4. The highest BCUT2D eigenvalue weighted by molar-refractivity contribution is 5.41. The summed E-state index contributed by atoms with van der Waals surface area (Å²) in [5.74, 6) is 1.11. The van der Waals surface area contributed by atoms with Crippen LogP contribution in [0.1, 0.15) is 19.4 Å². The Hall–Kier alpha value is -2.11. The number of ether oxygens (including phenoxy) is 2. The van der Waals surface area contributed by atoms with Gasteiger partial charge in [0.1, 0.15) is 12.0 Å². The lowest BCUT2D eigenvalue weighted by Crippen LogP contribution is -2.53. The van der Waals surface area contributed by atoms with Gasteiger partial charge in [0.15, 0.2) is 17.1 Å². The predicted molar refractivity (Wildman–Crippen MR) is 91.8 cm³/mol. The molecule has 0 saturated carbocycles. The molecule has 0 spiro atoms. The van der Waals surface area contributed by atoms with Crippen LogP contribution in [0.15, 0.2) is 48.5 Å². The molecule has 1 aliphatic heterocycles. The Morgan fingerprint density at radius 1 is 1.04 bits per heavy atom. The van der Waals surface area contributed by atoms with E-state index < -0.39 is 5.60 Å². The lowest BCUT2D eigenvalue weighted by molar-refractivity contribution is 0.0381. The van der Waals surface area contributed by atoms with Gasteiger partial charge in [0, 0.05) is 13.1 Å². The molecule has 24 heavy (non-hydrogen) atoms. The topological polar surface area (TPSA) is 42.5 Å². The van der Waals surface area contributed by atoms with Crippen LogP contribution in [-0.4, -0.2) is 25.9 Å². The van der Waals surface area contributed by atoms with Crippen LogP contribution in [0.3, 0.4) is 0 Å². The lowest BCUT2D eigenvalue weighted by Gasteiger charge is -2.37. The highest BCUT2D eigenvalue weighted by atomic mass is 19.1. The second kappa shape index (κ2) is 7.20. The molecule has 1 unspecified atom stereocenters. The van der Waals surface area contributed by atoms with Crippen molar-refractivity contribution in [2.45, 2.75) is 25.6 Å². The zero-order valence-electron chi connectivity index (χ0n) is 14.0.